The lowest BCUT2D eigenvalue weighted by molar-refractivity contribution is 0.0992. The summed E-state index contributed by atoms with van der Waals surface area (Å²) in [5.41, 5.74) is 7.80. The number of Topliss-reactive ketones (excluding diaryl/α,β-unsaturated/α-hetero) is 1. The molecule has 0 aliphatic heterocycles. The number of hydrogen-bond donors (Lipinski definition) is 1. The van der Waals surface area contributed by atoms with Gasteiger partial charge in [-0.05, 0) is 35.9 Å². The first-order chi connectivity index (χ1) is 8.56. The lowest BCUT2D eigenvalue weighted by atomic mass is 10.0. The van der Waals surface area contributed by atoms with Crippen LogP contribution in [-0.4, -0.2) is 5.78 Å². The number of nitrogens with two attached hydrogens (primary N) is 1. The van der Waals surface area contributed by atoms with Gasteiger partial charge in [0.25, 0.3) is 0 Å². The summed E-state index contributed by atoms with van der Waals surface area (Å²) in [7, 11) is 0. The molecule has 0 unspecified atom stereocenters. The minimum Gasteiger partial charge on any atom is -0.399 e. The smallest absolute Gasteiger partial charge is 0.168 e. The summed E-state index contributed by atoms with van der Waals surface area (Å²) in [4.78, 5) is 12.2. The average Bonchev–Trinajstić information content (AvgIpc) is 2.35. The van der Waals surface area contributed by atoms with Gasteiger partial charge in [0.2, 0.25) is 0 Å². The lowest BCUT2D eigenvalue weighted by Gasteiger charge is -2.05. The molecule has 0 atom stereocenters. The number of benzene rings is 2. The van der Waals surface area contributed by atoms with Crippen LogP contribution in [0.5, 0.6) is 0 Å². The number of carbonyl (C=O) groups is 1. The van der Waals surface area contributed by atoms with E-state index in [-0.39, 0.29) is 5.78 Å². The molecular formula is C14H11BrClNO. The SMILES string of the molecule is Nc1ccc(Br)c(C(=O)Cc2ccc(Cl)cc2)c1. The Kier molecular flexibility index (Phi) is 4.04. The second-order valence-corrected chi connectivity index (χ2v) is 5.26. The standard InChI is InChI=1S/C14H11BrClNO/c15-13-6-5-11(17)8-12(13)14(18)7-9-1-3-10(16)4-2-9/h1-6,8H,7,17H2. The molecule has 2 N–H and O–H groups in total. The minimum atomic E-state index is 0.0245. The molecule has 0 aliphatic rings. The molecule has 2 rings (SSSR count). The number of ketones is 1. The van der Waals surface area contributed by atoms with E-state index >= 15 is 0 Å². The number of halogens is 2. The summed E-state index contributed by atoms with van der Waals surface area (Å²) in [5.74, 6) is 0.0245. The maximum absolute atomic E-state index is 12.2. The van der Waals surface area contributed by atoms with E-state index in [4.69, 9.17) is 17.3 Å². The van der Waals surface area contributed by atoms with Gasteiger partial charge in [-0.2, -0.15) is 0 Å². The van der Waals surface area contributed by atoms with E-state index in [9.17, 15) is 4.79 Å². The van der Waals surface area contributed by atoms with E-state index < -0.39 is 0 Å². The second-order valence-electron chi connectivity index (χ2n) is 3.97. The topological polar surface area (TPSA) is 43.1 Å². The maximum Gasteiger partial charge on any atom is 0.168 e. The van der Waals surface area contributed by atoms with Crippen LogP contribution >= 0.6 is 27.5 Å². The molecule has 0 bridgehead atoms. The van der Waals surface area contributed by atoms with Crippen molar-refractivity contribution in [3.63, 3.8) is 0 Å². The zero-order chi connectivity index (χ0) is 13.1. The molecule has 0 fully saturated rings. The highest BCUT2D eigenvalue weighted by Crippen LogP contribution is 2.21. The first-order valence-electron chi connectivity index (χ1n) is 5.39. The van der Waals surface area contributed by atoms with Crippen LogP contribution in [0.25, 0.3) is 0 Å². The fourth-order valence-corrected chi connectivity index (χ4v) is 2.23. The Morgan fingerprint density at radius 1 is 1.17 bits per heavy atom. The molecule has 0 saturated carbocycles. The highest BCUT2D eigenvalue weighted by Gasteiger charge is 2.11. The van der Waals surface area contributed by atoms with Gasteiger partial charge in [0.05, 0.1) is 0 Å². The first-order valence-corrected chi connectivity index (χ1v) is 6.56. The average molecular weight is 325 g/mol. The van der Waals surface area contributed by atoms with Crippen LogP contribution in [0.4, 0.5) is 5.69 Å². The van der Waals surface area contributed by atoms with Gasteiger partial charge in [0.15, 0.2) is 5.78 Å². The fourth-order valence-electron chi connectivity index (χ4n) is 1.64. The molecule has 0 saturated heterocycles. The van der Waals surface area contributed by atoms with E-state index in [0.717, 1.165) is 10.0 Å². The number of anilines is 1. The molecular weight excluding hydrogens is 314 g/mol. The summed E-state index contributed by atoms with van der Waals surface area (Å²) >= 11 is 9.16. The Labute approximate surface area is 119 Å². The molecule has 2 aromatic rings. The van der Waals surface area contributed by atoms with Crippen LogP contribution in [0, 0.1) is 0 Å². The molecule has 0 aliphatic carbocycles. The van der Waals surface area contributed by atoms with Crippen LogP contribution in [-0.2, 0) is 6.42 Å². The summed E-state index contributed by atoms with van der Waals surface area (Å²) in [6.45, 7) is 0. The minimum absolute atomic E-state index is 0.0245. The largest absolute Gasteiger partial charge is 0.399 e. The lowest BCUT2D eigenvalue weighted by Crippen LogP contribution is -2.05. The molecule has 0 amide bonds. The summed E-state index contributed by atoms with van der Waals surface area (Å²) in [5, 5.41) is 0.663. The predicted octanol–water partition coefficient (Wildman–Crippen LogP) is 4.11. The van der Waals surface area contributed by atoms with Gasteiger partial charge in [-0.1, -0.05) is 39.7 Å². The van der Waals surface area contributed by atoms with Gasteiger partial charge in [-0.15, -0.1) is 0 Å². The first kappa shape index (κ1) is 13.1. The van der Waals surface area contributed by atoms with Crippen LogP contribution in [0.2, 0.25) is 5.02 Å². The summed E-state index contributed by atoms with van der Waals surface area (Å²) in [6, 6.07) is 12.5. The highest BCUT2D eigenvalue weighted by atomic mass is 79.9. The van der Waals surface area contributed by atoms with E-state index in [1.807, 2.05) is 12.1 Å². The van der Waals surface area contributed by atoms with E-state index in [0.29, 0.717) is 22.7 Å². The van der Waals surface area contributed by atoms with Gasteiger partial charge in [-0.25, -0.2) is 0 Å². The second kappa shape index (κ2) is 5.55. The van der Waals surface area contributed by atoms with Crippen LogP contribution in [0.1, 0.15) is 15.9 Å². The third kappa shape index (κ3) is 3.12. The van der Waals surface area contributed by atoms with E-state index in [1.54, 1.807) is 30.3 Å². The Balaban J connectivity index is 2.21. The van der Waals surface area contributed by atoms with Crippen molar-refractivity contribution in [3.05, 3.63) is 63.1 Å². The summed E-state index contributed by atoms with van der Waals surface area (Å²) < 4.78 is 0.760. The van der Waals surface area contributed by atoms with Crippen molar-refractivity contribution in [2.75, 3.05) is 5.73 Å². The molecule has 0 heterocycles. The van der Waals surface area contributed by atoms with Crippen LogP contribution in [0.15, 0.2) is 46.9 Å². The molecule has 0 radical (unpaired) electrons. The predicted molar refractivity (Wildman–Crippen MR) is 78.0 cm³/mol. The van der Waals surface area contributed by atoms with Crippen molar-refractivity contribution in [2.45, 2.75) is 6.42 Å². The van der Waals surface area contributed by atoms with E-state index in [2.05, 4.69) is 15.9 Å². The van der Waals surface area contributed by atoms with E-state index in [1.165, 1.54) is 0 Å². The van der Waals surface area contributed by atoms with Gasteiger partial charge in [0, 0.05) is 27.2 Å². The molecule has 18 heavy (non-hydrogen) atoms. The molecule has 92 valence electrons. The van der Waals surface area contributed by atoms with Gasteiger partial charge < -0.3 is 5.73 Å². The van der Waals surface area contributed by atoms with Crippen molar-refractivity contribution < 1.29 is 4.79 Å². The third-order valence-corrected chi connectivity index (χ3v) is 3.51. The number of nitrogen functional groups attached to an aromatic ring is 1. The molecule has 0 aromatic heterocycles. The summed E-state index contributed by atoms with van der Waals surface area (Å²) in [6.07, 6.45) is 0.333. The Morgan fingerprint density at radius 2 is 1.83 bits per heavy atom. The quantitative estimate of drug-likeness (QED) is 0.682. The van der Waals surface area contributed by atoms with Crippen LogP contribution in [0.3, 0.4) is 0 Å². The van der Waals surface area contributed by atoms with Gasteiger partial charge >= 0.3 is 0 Å². The highest BCUT2D eigenvalue weighted by molar-refractivity contribution is 9.10. The normalized spacial score (nSPS) is 10.3. The number of rotatable bonds is 3. The Morgan fingerprint density at radius 3 is 2.50 bits per heavy atom. The third-order valence-electron chi connectivity index (χ3n) is 2.57. The number of hydrogen-bond acceptors (Lipinski definition) is 2. The molecule has 2 aromatic carbocycles. The zero-order valence-corrected chi connectivity index (χ0v) is 11.8. The van der Waals surface area contributed by atoms with Crippen molar-refractivity contribution in [1.82, 2.24) is 0 Å². The molecule has 4 heteroatoms. The van der Waals surface area contributed by atoms with Crippen LogP contribution < -0.4 is 5.73 Å². The molecule has 0 spiro atoms. The number of carbonyl (C=O) groups excluding carboxylic acids is 1. The van der Waals surface area contributed by atoms with Crippen molar-refractivity contribution in [3.8, 4) is 0 Å². The fraction of sp³-hybridized carbons (Fsp3) is 0.0714. The monoisotopic (exact) mass is 323 g/mol. The zero-order valence-electron chi connectivity index (χ0n) is 9.49. The maximum atomic E-state index is 12.2. The van der Waals surface area contributed by atoms with Crippen molar-refractivity contribution >= 4 is 39.0 Å². The van der Waals surface area contributed by atoms with Gasteiger partial charge in [-0.3, -0.25) is 4.79 Å². The van der Waals surface area contributed by atoms with Crippen molar-refractivity contribution in [1.29, 1.82) is 0 Å². The Bertz CT molecular complexity index is 581. The van der Waals surface area contributed by atoms with Gasteiger partial charge in [0.1, 0.15) is 0 Å². The molecule has 2 nitrogen and oxygen atoms in total. The van der Waals surface area contributed by atoms with Crippen molar-refractivity contribution in [2.24, 2.45) is 0 Å². The Hall–Kier alpha value is -1.32.